The van der Waals surface area contributed by atoms with E-state index in [4.69, 9.17) is 0 Å². The van der Waals surface area contributed by atoms with Crippen LogP contribution in [0.3, 0.4) is 0 Å². The van der Waals surface area contributed by atoms with Gasteiger partial charge in [-0.1, -0.05) is 0 Å². The number of carbonyl (C=O) groups excluding carboxylic acids is 1. The molecule has 0 heterocycles. The van der Waals surface area contributed by atoms with E-state index in [9.17, 15) is 4.79 Å². The maximum Gasteiger partial charge on any atom is 0.338 e. The smallest absolute Gasteiger partial charge is 0.324 e. The van der Waals surface area contributed by atoms with Gasteiger partial charge in [-0.05, 0) is 20.8 Å². The Kier molecular flexibility index (Phi) is 4.72. The largest absolute Gasteiger partial charge is 0.338 e. The molecule has 0 aromatic carbocycles. The summed E-state index contributed by atoms with van der Waals surface area (Å²) in [6, 6.07) is -0.0903. The van der Waals surface area contributed by atoms with Crippen LogP contribution < -0.4 is 5.32 Å². The summed E-state index contributed by atoms with van der Waals surface area (Å²) in [4.78, 5) is 12.7. The van der Waals surface area contributed by atoms with Crippen molar-refractivity contribution < 1.29 is 4.79 Å². The summed E-state index contributed by atoms with van der Waals surface area (Å²) in [7, 11) is 0. The van der Waals surface area contributed by atoms with Crippen molar-refractivity contribution in [3.8, 4) is 0 Å². The minimum Gasteiger partial charge on any atom is -0.324 e. The Morgan fingerprint density at radius 2 is 1.80 bits per heavy atom. The van der Waals surface area contributed by atoms with Gasteiger partial charge in [0.05, 0.1) is 0 Å². The van der Waals surface area contributed by atoms with Crippen molar-refractivity contribution >= 4 is 6.03 Å². The molecule has 0 rings (SSSR count). The van der Waals surface area contributed by atoms with E-state index >= 15 is 0 Å². The summed E-state index contributed by atoms with van der Waals surface area (Å²) in [5.41, 5.74) is 0. The molecule has 0 aromatic rings. The number of nitrogens with zero attached hydrogens (tertiary/aromatic N) is 2. The van der Waals surface area contributed by atoms with E-state index < -0.39 is 0 Å². The molecule has 0 aliphatic rings. The van der Waals surface area contributed by atoms with Gasteiger partial charge < -0.3 is 4.90 Å². The van der Waals surface area contributed by atoms with Gasteiger partial charge in [-0.15, -0.1) is 0 Å². The minimum absolute atomic E-state index is 0.0903. The molecule has 0 N–H and O–H groups in total. The summed E-state index contributed by atoms with van der Waals surface area (Å²) in [6.07, 6.45) is 0. The van der Waals surface area contributed by atoms with Crippen molar-refractivity contribution in [3.05, 3.63) is 0 Å². The normalized spacial score (nSPS) is 9.10. The highest BCUT2D eigenvalue weighted by molar-refractivity contribution is 5.73. The fourth-order valence-electron chi connectivity index (χ4n) is 0.729. The van der Waals surface area contributed by atoms with Crippen LogP contribution in [-0.4, -0.2) is 30.6 Å². The first-order valence-electron chi connectivity index (χ1n) is 3.72. The van der Waals surface area contributed by atoms with E-state index in [0.29, 0.717) is 6.54 Å². The monoisotopic (exact) mass is 143 g/mol. The lowest BCUT2D eigenvalue weighted by Crippen LogP contribution is -2.35. The molecule has 0 saturated carbocycles. The van der Waals surface area contributed by atoms with Crippen LogP contribution in [0.5, 0.6) is 0 Å². The second-order valence-electron chi connectivity index (χ2n) is 1.93. The van der Waals surface area contributed by atoms with Crippen molar-refractivity contribution in [1.82, 2.24) is 10.2 Å². The highest BCUT2D eigenvalue weighted by Gasteiger charge is 2.07. The molecule has 0 aliphatic heterocycles. The summed E-state index contributed by atoms with van der Waals surface area (Å²) >= 11 is 0. The van der Waals surface area contributed by atoms with E-state index in [2.05, 4.69) is 5.32 Å². The van der Waals surface area contributed by atoms with E-state index in [0.717, 1.165) is 13.1 Å². The quantitative estimate of drug-likeness (QED) is 0.582. The predicted octanol–water partition coefficient (Wildman–Crippen LogP) is 1.07. The summed E-state index contributed by atoms with van der Waals surface area (Å²) < 4.78 is 0. The molecule has 10 heavy (non-hydrogen) atoms. The van der Waals surface area contributed by atoms with Crippen molar-refractivity contribution in [2.24, 2.45) is 0 Å². The Bertz CT molecular complexity index is 99.8. The van der Waals surface area contributed by atoms with Gasteiger partial charge in [0.1, 0.15) is 0 Å². The van der Waals surface area contributed by atoms with Gasteiger partial charge in [-0.2, -0.15) is 0 Å². The second-order valence-corrected chi connectivity index (χ2v) is 1.93. The van der Waals surface area contributed by atoms with Crippen LogP contribution in [0.2, 0.25) is 0 Å². The molecule has 0 atom stereocenters. The lowest BCUT2D eigenvalue weighted by Gasteiger charge is -2.16. The maximum atomic E-state index is 11.0. The Labute approximate surface area is 62.4 Å². The molecule has 0 aliphatic carbocycles. The van der Waals surface area contributed by atoms with Crippen LogP contribution in [0, 0.1) is 0 Å². The van der Waals surface area contributed by atoms with Crippen LogP contribution >= 0.6 is 0 Å². The van der Waals surface area contributed by atoms with Gasteiger partial charge >= 0.3 is 6.03 Å². The molecule has 0 unspecified atom stereocenters. The number of hydrogen-bond donors (Lipinski definition) is 0. The van der Waals surface area contributed by atoms with E-state index in [1.807, 2.05) is 20.8 Å². The average Bonchev–Trinajstić information content (AvgIpc) is 1.91. The number of urea groups is 1. The molecule has 3 heteroatoms. The van der Waals surface area contributed by atoms with Crippen LogP contribution in [0.15, 0.2) is 0 Å². The molecule has 0 spiro atoms. The van der Waals surface area contributed by atoms with Gasteiger partial charge in [-0.3, -0.25) is 0 Å². The summed E-state index contributed by atoms with van der Waals surface area (Å²) in [5.74, 6) is 0. The Hall–Kier alpha value is -0.730. The zero-order valence-corrected chi connectivity index (χ0v) is 6.92. The third kappa shape index (κ3) is 2.71. The molecule has 59 valence electrons. The molecular formula is C7H15N2O. The van der Waals surface area contributed by atoms with Gasteiger partial charge in [0.2, 0.25) is 0 Å². The van der Waals surface area contributed by atoms with E-state index in [1.54, 1.807) is 4.90 Å². The van der Waals surface area contributed by atoms with Gasteiger partial charge in [0.25, 0.3) is 0 Å². The lowest BCUT2D eigenvalue weighted by molar-refractivity contribution is 0.203. The first kappa shape index (κ1) is 9.27. The number of hydrogen-bond acceptors (Lipinski definition) is 1. The average molecular weight is 143 g/mol. The number of amides is 2. The second kappa shape index (κ2) is 5.09. The van der Waals surface area contributed by atoms with Crippen molar-refractivity contribution in [2.45, 2.75) is 20.8 Å². The van der Waals surface area contributed by atoms with Gasteiger partial charge in [-0.25, -0.2) is 10.1 Å². The Morgan fingerprint density at radius 1 is 1.30 bits per heavy atom. The van der Waals surface area contributed by atoms with Crippen molar-refractivity contribution in [1.29, 1.82) is 0 Å². The Balaban J connectivity index is 3.65. The molecule has 0 fully saturated rings. The minimum atomic E-state index is -0.0903. The highest BCUT2D eigenvalue weighted by atomic mass is 16.2. The van der Waals surface area contributed by atoms with Crippen molar-refractivity contribution in [2.75, 3.05) is 19.6 Å². The fraction of sp³-hybridized carbons (Fsp3) is 0.857. The van der Waals surface area contributed by atoms with Gasteiger partial charge in [0.15, 0.2) is 0 Å². The van der Waals surface area contributed by atoms with E-state index in [1.165, 1.54) is 0 Å². The van der Waals surface area contributed by atoms with Gasteiger partial charge in [0, 0.05) is 19.6 Å². The third-order valence-electron chi connectivity index (χ3n) is 1.33. The van der Waals surface area contributed by atoms with Crippen LogP contribution in [0.4, 0.5) is 4.79 Å². The fourth-order valence-corrected chi connectivity index (χ4v) is 0.729. The molecule has 0 saturated heterocycles. The number of carbonyl (C=O) groups is 1. The Morgan fingerprint density at radius 3 is 2.10 bits per heavy atom. The first-order chi connectivity index (χ1) is 4.76. The van der Waals surface area contributed by atoms with Crippen LogP contribution in [0.25, 0.3) is 0 Å². The van der Waals surface area contributed by atoms with E-state index in [-0.39, 0.29) is 6.03 Å². The van der Waals surface area contributed by atoms with Crippen LogP contribution in [0.1, 0.15) is 20.8 Å². The standard InChI is InChI=1S/C7H15N2O/c1-4-8-7(10)9(5-2)6-3/h4-6H2,1-3H3. The molecule has 3 nitrogen and oxygen atoms in total. The highest BCUT2D eigenvalue weighted by Crippen LogP contribution is 1.87. The SMILES string of the molecule is CC[N]C(=O)N(CC)CC. The zero-order valence-electron chi connectivity index (χ0n) is 6.92. The van der Waals surface area contributed by atoms with Crippen LogP contribution in [-0.2, 0) is 0 Å². The summed E-state index contributed by atoms with van der Waals surface area (Å²) in [6.45, 7) is 7.84. The molecule has 2 amide bonds. The molecule has 0 bridgehead atoms. The molecule has 0 aromatic heterocycles. The van der Waals surface area contributed by atoms with Crippen molar-refractivity contribution in [3.63, 3.8) is 0 Å². The number of rotatable bonds is 3. The first-order valence-corrected chi connectivity index (χ1v) is 3.72. The zero-order chi connectivity index (χ0) is 7.98. The molecule has 1 radical (unpaired) electrons. The summed E-state index contributed by atoms with van der Waals surface area (Å²) in [5, 5.41) is 3.75. The maximum absolute atomic E-state index is 11.0. The lowest BCUT2D eigenvalue weighted by atomic mass is 10.5. The molecular weight excluding hydrogens is 128 g/mol. The topological polar surface area (TPSA) is 34.4 Å². The third-order valence-corrected chi connectivity index (χ3v) is 1.33. The predicted molar refractivity (Wildman–Crippen MR) is 41.0 cm³/mol.